The van der Waals surface area contributed by atoms with Crippen molar-refractivity contribution in [3.8, 4) is 0 Å². The van der Waals surface area contributed by atoms with Crippen LogP contribution in [-0.2, 0) is 9.47 Å². The van der Waals surface area contributed by atoms with Crippen LogP contribution < -0.4 is 5.32 Å². The molecule has 2 aliphatic rings. The first-order valence-electron chi connectivity index (χ1n) is 7.36. The van der Waals surface area contributed by atoms with Gasteiger partial charge in [-0.3, -0.25) is 0 Å². The number of piperidine rings is 1. The van der Waals surface area contributed by atoms with Gasteiger partial charge in [-0.25, -0.2) is 0 Å². The Morgan fingerprint density at radius 2 is 2.28 bits per heavy atom. The fourth-order valence-electron chi connectivity index (χ4n) is 3.29. The Morgan fingerprint density at radius 3 is 3.06 bits per heavy atom. The molecule has 0 aromatic rings. The Morgan fingerprint density at radius 1 is 1.39 bits per heavy atom. The number of rotatable bonds is 6. The van der Waals surface area contributed by atoms with Crippen LogP contribution in [0.1, 0.15) is 19.8 Å². The van der Waals surface area contributed by atoms with Gasteiger partial charge in [0, 0.05) is 32.2 Å². The Balaban J connectivity index is 1.77. The van der Waals surface area contributed by atoms with Gasteiger partial charge in [-0.1, -0.05) is 6.92 Å². The van der Waals surface area contributed by atoms with Gasteiger partial charge in [0.2, 0.25) is 0 Å². The zero-order valence-corrected chi connectivity index (χ0v) is 11.9. The first-order valence-corrected chi connectivity index (χ1v) is 7.36. The van der Waals surface area contributed by atoms with E-state index in [-0.39, 0.29) is 0 Å². The van der Waals surface area contributed by atoms with E-state index >= 15 is 0 Å². The summed E-state index contributed by atoms with van der Waals surface area (Å²) in [6.45, 7) is 9.55. The molecule has 2 heterocycles. The maximum Gasteiger partial charge on any atom is 0.0623 e. The lowest BCUT2D eigenvalue weighted by atomic mass is 9.96. The molecular weight excluding hydrogens is 228 g/mol. The molecule has 2 rings (SSSR count). The molecule has 2 fully saturated rings. The van der Waals surface area contributed by atoms with E-state index in [1.54, 1.807) is 0 Å². The highest BCUT2D eigenvalue weighted by atomic mass is 16.5. The van der Waals surface area contributed by atoms with Crippen molar-refractivity contribution >= 4 is 0 Å². The van der Waals surface area contributed by atoms with E-state index in [0.29, 0.717) is 12.0 Å². The van der Waals surface area contributed by atoms with Crippen molar-refractivity contribution in [2.24, 2.45) is 11.8 Å². The van der Waals surface area contributed by atoms with Crippen molar-refractivity contribution in [1.29, 1.82) is 0 Å². The van der Waals surface area contributed by atoms with Crippen LogP contribution in [0.15, 0.2) is 0 Å². The third-order valence-electron chi connectivity index (χ3n) is 4.16. The molecule has 0 radical (unpaired) electrons. The van der Waals surface area contributed by atoms with Gasteiger partial charge in [-0.15, -0.1) is 0 Å². The average molecular weight is 256 g/mol. The Hall–Kier alpha value is -0.160. The molecule has 2 aliphatic heterocycles. The summed E-state index contributed by atoms with van der Waals surface area (Å²) in [6.07, 6.45) is 2.63. The molecule has 0 aromatic heterocycles. The molecule has 1 N–H and O–H groups in total. The van der Waals surface area contributed by atoms with Crippen molar-refractivity contribution in [2.45, 2.75) is 25.8 Å². The van der Waals surface area contributed by atoms with E-state index in [4.69, 9.17) is 9.47 Å². The highest BCUT2D eigenvalue weighted by Gasteiger charge is 2.30. The summed E-state index contributed by atoms with van der Waals surface area (Å²) in [5, 5.41) is 3.54. The summed E-state index contributed by atoms with van der Waals surface area (Å²) in [6, 6.07) is 0.554. The van der Waals surface area contributed by atoms with Gasteiger partial charge in [0.25, 0.3) is 0 Å². The second-order valence-corrected chi connectivity index (χ2v) is 5.68. The maximum absolute atomic E-state index is 5.62. The maximum atomic E-state index is 5.62. The third-order valence-corrected chi connectivity index (χ3v) is 4.16. The second kappa shape index (κ2) is 7.43. The molecule has 4 nitrogen and oxygen atoms in total. The molecule has 0 saturated carbocycles. The predicted molar refractivity (Wildman–Crippen MR) is 72.8 cm³/mol. The molecule has 0 amide bonds. The molecule has 3 atom stereocenters. The van der Waals surface area contributed by atoms with E-state index in [1.807, 2.05) is 7.11 Å². The van der Waals surface area contributed by atoms with Crippen LogP contribution in [0.2, 0.25) is 0 Å². The molecule has 0 aliphatic carbocycles. The van der Waals surface area contributed by atoms with E-state index in [1.165, 1.54) is 32.5 Å². The number of hydrogen-bond acceptors (Lipinski definition) is 4. The number of likely N-dealkylation sites (tertiary alicyclic amines) is 1. The first kappa shape index (κ1) is 14.3. The topological polar surface area (TPSA) is 33.7 Å². The average Bonchev–Trinajstić information content (AvgIpc) is 2.78. The molecule has 2 saturated heterocycles. The molecule has 0 spiro atoms. The fourth-order valence-corrected chi connectivity index (χ4v) is 3.29. The van der Waals surface area contributed by atoms with Crippen LogP contribution in [0.25, 0.3) is 0 Å². The largest absolute Gasteiger partial charge is 0.384 e. The fraction of sp³-hybridized carbons (Fsp3) is 1.00. The van der Waals surface area contributed by atoms with Crippen LogP contribution in [-0.4, -0.2) is 64.1 Å². The minimum atomic E-state index is 0.554. The van der Waals surface area contributed by atoms with Crippen LogP contribution in [0.4, 0.5) is 0 Å². The second-order valence-electron chi connectivity index (χ2n) is 5.68. The van der Waals surface area contributed by atoms with Gasteiger partial charge < -0.3 is 19.7 Å². The number of methoxy groups -OCH3 is 1. The van der Waals surface area contributed by atoms with E-state index in [2.05, 4.69) is 17.1 Å². The molecular formula is C14H28N2O2. The van der Waals surface area contributed by atoms with Crippen molar-refractivity contribution < 1.29 is 9.47 Å². The first-order chi connectivity index (χ1) is 8.83. The van der Waals surface area contributed by atoms with E-state index < -0.39 is 0 Å². The van der Waals surface area contributed by atoms with Crippen molar-refractivity contribution in [3.63, 3.8) is 0 Å². The lowest BCUT2D eigenvalue weighted by Crippen LogP contribution is -2.45. The third kappa shape index (κ3) is 3.92. The number of likely N-dealkylation sites (N-methyl/N-ethyl adjacent to an activating group) is 1. The molecule has 0 bridgehead atoms. The highest BCUT2D eigenvalue weighted by Crippen LogP contribution is 2.21. The minimum absolute atomic E-state index is 0.554. The minimum Gasteiger partial charge on any atom is -0.384 e. The molecule has 3 unspecified atom stereocenters. The number of ether oxygens (including phenoxy) is 2. The number of nitrogens with zero attached hydrogens (tertiary/aromatic N) is 1. The standard InChI is InChI=1S/C14H28N2O2/c1-3-15-14-11-18-10-13(14)8-16-6-4-5-12(7-16)9-17-2/h12-15H,3-11H2,1-2H3. The zero-order chi connectivity index (χ0) is 12.8. The lowest BCUT2D eigenvalue weighted by Gasteiger charge is -2.34. The molecule has 106 valence electrons. The predicted octanol–water partition coefficient (Wildman–Crippen LogP) is 0.969. The van der Waals surface area contributed by atoms with Crippen LogP contribution in [0.3, 0.4) is 0 Å². The number of hydrogen-bond donors (Lipinski definition) is 1. The SMILES string of the molecule is CCNC1COCC1CN1CCCC(COC)C1. The molecule has 4 heteroatoms. The molecule has 0 aromatic carbocycles. The van der Waals surface area contributed by atoms with E-state index in [0.717, 1.165) is 32.3 Å². The quantitative estimate of drug-likeness (QED) is 0.768. The van der Waals surface area contributed by atoms with Gasteiger partial charge in [0.15, 0.2) is 0 Å². The number of nitrogens with one attached hydrogen (secondary N) is 1. The van der Waals surface area contributed by atoms with Crippen molar-refractivity contribution in [1.82, 2.24) is 10.2 Å². The lowest BCUT2D eigenvalue weighted by molar-refractivity contribution is 0.0789. The van der Waals surface area contributed by atoms with Gasteiger partial charge in [0.05, 0.1) is 19.8 Å². The van der Waals surface area contributed by atoms with Crippen molar-refractivity contribution in [3.05, 3.63) is 0 Å². The monoisotopic (exact) mass is 256 g/mol. The highest BCUT2D eigenvalue weighted by molar-refractivity contribution is 4.85. The van der Waals surface area contributed by atoms with Crippen LogP contribution in [0.5, 0.6) is 0 Å². The summed E-state index contributed by atoms with van der Waals surface area (Å²) in [5.74, 6) is 1.38. The van der Waals surface area contributed by atoms with Crippen LogP contribution >= 0.6 is 0 Å². The van der Waals surface area contributed by atoms with Crippen molar-refractivity contribution in [2.75, 3.05) is 53.1 Å². The van der Waals surface area contributed by atoms with Gasteiger partial charge in [-0.05, 0) is 31.8 Å². The van der Waals surface area contributed by atoms with Gasteiger partial charge in [0.1, 0.15) is 0 Å². The smallest absolute Gasteiger partial charge is 0.0623 e. The zero-order valence-electron chi connectivity index (χ0n) is 11.9. The Labute approximate surface area is 111 Å². The summed E-state index contributed by atoms with van der Waals surface area (Å²) >= 11 is 0. The summed E-state index contributed by atoms with van der Waals surface area (Å²) in [5.41, 5.74) is 0. The van der Waals surface area contributed by atoms with E-state index in [9.17, 15) is 0 Å². The summed E-state index contributed by atoms with van der Waals surface area (Å²) < 4.78 is 10.9. The van der Waals surface area contributed by atoms with Crippen LogP contribution in [0, 0.1) is 11.8 Å². The normalized spacial score (nSPS) is 34.0. The molecule has 18 heavy (non-hydrogen) atoms. The summed E-state index contributed by atoms with van der Waals surface area (Å²) in [7, 11) is 1.81. The summed E-state index contributed by atoms with van der Waals surface area (Å²) in [4.78, 5) is 2.61. The Bertz CT molecular complexity index is 236. The van der Waals surface area contributed by atoms with Gasteiger partial charge in [-0.2, -0.15) is 0 Å². The Kier molecular flexibility index (Phi) is 5.89. The van der Waals surface area contributed by atoms with Gasteiger partial charge >= 0.3 is 0 Å².